The third kappa shape index (κ3) is 2.44. The first kappa shape index (κ1) is 12.4. The van der Waals surface area contributed by atoms with Crippen LogP contribution in [0, 0.1) is 13.8 Å². The molecule has 0 aliphatic heterocycles. The van der Waals surface area contributed by atoms with Crippen LogP contribution in [0.2, 0.25) is 0 Å². The SMILES string of the molecule is CCCNc1ccc2c(C)c(Br)c(C)cc2n1. The molecule has 0 atom stereocenters. The number of hydrogen-bond donors (Lipinski definition) is 1. The Labute approximate surface area is 111 Å². The van der Waals surface area contributed by atoms with Gasteiger partial charge in [-0.15, -0.1) is 0 Å². The van der Waals surface area contributed by atoms with E-state index in [2.05, 4.69) is 59.1 Å². The Morgan fingerprint density at radius 3 is 2.76 bits per heavy atom. The van der Waals surface area contributed by atoms with Gasteiger partial charge in [0.15, 0.2) is 0 Å². The molecule has 0 amide bonds. The number of aromatic nitrogens is 1. The highest BCUT2D eigenvalue weighted by Gasteiger charge is 2.06. The molecular weight excluding hydrogens is 276 g/mol. The highest BCUT2D eigenvalue weighted by Crippen LogP contribution is 2.29. The zero-order chi connectivity index (χ0) is 12.4. The zero-order valence-corrected chi connectivity index (χ0v) is 12.1. The van der Waals surface area contributed by atoms with E-state index < -0.39 is 0 Å². The number of halogens is 1. The van der Waals surface area contributed by atoms with Gasteiger partial charge >= 0.3 is 0 Å². The molecule has 0 saturated heterocycles. The van der Waals surface area contributed by atoms with E-state index in [1.54, 1.807) is 0 Å². The Morgan fingerprint density at radius 1 is 1.29 bits per heavy atom. The molecule has 0 bridgehead atoms. The van der Waals surface area contributed by atoms with Gasteiger partial charge in [0.1, 0.15) is 5.82 Å². The van der Waals surface area contributed by atoms with Gasteiger partial charge in [0, 0.05) is 16.4 Å². The van der Waals surface area contributed by atoms with Crippen LogP contribution >= 0.6 is 15.9 Å². The van der Waals surface area contributed by atoms with Gasteiger partial charge in [-0.05, 0) is 49.6 Å². The second-order valence-corrected chi connectivity index (χ2v) is 5.12. The maximum Gasteiger partial charge on any atom is 0.126 e. The van der Waals surface area contributed by atoms with E-state index in [9.17, 15) is 0 Å². The Balaban J connectivity index is 2.51. The normalized spacial score (nSPS) is 10.8. The average molecular weight is 293 g/mol. The molecule has 0 aliphatic rings. The number of benzene rings is 1. The largest absolute Gasteiger partial charge is 0.370 e. The lowest BCUT2D eigenvalue weighted by Gasteiger charge is -2.10. The number of anilines is 1. The topological polar surface area (TPSA) is 24.9 Å². The van der Waals surface area contributed by atoms with Gasteiger partial charge in [0.25, 0.3) is 0 Å². The predicted molar refractivity (Wildman–Crippen MR) is 77.7 cm³/mol. The molecule has 2 nitrogen and oxygen atoms in total. The van der Waals surface area contributed by atoms with Crippen LogP contribution in [0.4, 0.5) is 5.82 Å². The van der Waals surface area contributed by atoms with Gasteiger partial charge < -0.3 is 5.32 Å². The van der Waals surface area contributed by atoms with Crippen LogP contribution in [-0.4, -0.2) is 11.5 Å². The summed E-state index contributed by atoms with van der Waals surface area (Å²) in [5, 5.41) is 4.53. The molecule has 1 N–H and O–H groups in total. The van der Waals surface area contributed by atoms with Crippen molar-refractivity contribution in [3.63, 3.8) is 0 Å². The van der Waals surface area contributed by atoms with Crippen molar-refractivity contribution < 1.29 is 0 Å². The molecule has 0 fully saturated rings. The molecule has 1 heterocycles. The van der Waals surface area contributed by atoms with E-state index in [1.165, 1.54) is 21.0 Å². The van der Waals surface area contributed by atoms with E-state index in [4.69, 9.17) is 0 Å². The van der Waals surface area contributed by atoms with Crippen LogP contribution in [0.3, 0.4) is 0 Å². The molecule has 90 valence electrons. The lowest BCUT2D eigenvalue weighted by atomic mass is 10.1. The smallest absolute Gasteiger partial charge is 0.126 e. The highest BCUT2D eigenvalue weighted by atomic mass is 79.9. The second-order valence-electron chi connectivity index (χ2n) is 4.32. The summed E-state index contributed by atoms with van der Waals surface area (Å²) in [6.07, 6.45) is 1.11. The number of pyridine rings is 1. The number of rotatable bonds is 3. The Hall–Kier alpha value is -1.09. The summed E-state index contributed by atoms with van der Waals surface area (Å²) >= 11 is 3.62. The van der Waals surface area contributed by atoms with Crippen molar-refractivity contribution in [3.05, 3.63) is 33.8 Å². The van der Waals surface area contributed by atoms with E-state index in [0.29, 0.717) is 0 Å². The first-order chi connectivity index (χ1) is 8.13. The highest BCUT2D eigenvalue weighted by molar-refractivity contribution is 9.10. The third-order valence-electron chi connectivity index (χ3n) is 2.91. The molecule has 2 aromatic rings. The van der Waals surface area contributed by atoms with Crippen LogP contribution in [0.25, 0.3) is 10.9 Å². The fourth-order valence-corrected chi connectivity index (χ4v) is 2.26. The van der Waals surface area contributed by atoms with E-state index in [1.807, 2.05) is 6.07 Å². The van der Waals surface area contributed by atoms with Gasteiger partial charge in [-0.25, -0.2) is 4.98 Å². The molecule has 17 heavy (non-hydrogen) atoms. The fourth-order valence-electron chi connectivity index (χ4n) is 1.94. The van der Waals surface area contributed by atoms with Crippen molar-refractivity contribution in [1.29, 1.82) is 0 Å². The minimum absolute atomic E-state index is 0.959. The fraction of sp³-hybridized carbons (Fsp3) is 0.357. The second kappa shape index (κ2) is 5.05. The summed E-state index contributed by atoms with van der Waals surface area (Å²) in [5.74, 6) is 0.959. The van der Waals surface area contributed by atoms with Crippen LogP contribution < -0.4 is 5.32 Å². The van der Waals surface area contributed by atoms with Gasteiger partial charge in [0.2, 0.25) is 0 Å². The molecule has 0 aliphatic carbocycles. The standard InChI is InChI=1S/C14H17BrN2/c1-4-7-16-13-6-5-11-10(3)14(15)9(2)8-12(11)17-13/h5-6,8H,4,7H2,1-3H3,(H,16,17). The number of nitrogens with one attached hydrogen (secondary N) is 1. The lowest BCUT2D eigenvalue weighted by Crippen LogP contribution is -2.02. The van der Waals surface area contributed by atoms with Crippen molar-refractivity contribution in [1.82, 2.24) is 4.98 Å². The van der Waals surface area contributed by atoms with Crippen molar-refractivity contribution in [2.45, 2.75) is 27.2 Å². The molecule has 1 aromatic heterocycles. The van der Waals surface area contributed by atoms with E-state index in [0.717, 1.165) is 24.3 Å². The predicted octanol–water partition coefficient (Wildman–Crippen LogP) is 4.44. The Morgan fingerprint density at radius 2 is 2.06 bits per heavy atom. The maximum atomic E-state index is 4.64. The average Bonchev–Trinajstić information content (AvgIpc) is 2.33. The number of nitrogens with zero attached hydrogens (tertiary/aromatic N) is 1. The molecule has 3 heteroatoms. The van der Waals surface area contributed by atoms with Crippen molar-refractivity contribution in [2.75, 3.05) is 11.9 Å². The summed E-state index contributed by atoms with van der Waals surface area (Å²) in [7, 11) is 0. The summed E-state index contributed by atoms with van der Waals surface area (Å²) in [5.41, 5.74) is 3.55. The van der Waals surface area contributed by atoms with E-state index in [-0.39, 0.29) is 0 Å². The van der Waals surface area contributed by atoms with Gasteiger partial charge in [0.05, 0.1) is 5.52 Å². The molecule has 0 unspecified atom stereocenters. The van der Waals surface area contributed by atoms with Crippen LogP contribution in [0.5, 0.6) is 0 Å². The van der Waals surface area contributed by atoms with Crippen LogP contribution in [0.1, 0.15) is 24.5 Å². The minimum Gasteiger partial charge on any atom is -0.370 e. The molecule has 0 radical (unpaired) electrons. The summed E-state index contributed by atoms with van der Waals surface area (Å²) in [4.78, 5) is 4.64. The maximum absolute atomic E-state index is 4.64. The number of hydrogen-bond acceptors (Lipinski definition) is 2. The van der Waals surface area contributed by atoms with Crippen molar-refractivity contribution in [2.24, 2.45) is 0 Å². The summed E-state index contributed by atoms with van der Waals surface area (Å²) in [6.45, 7) is 7.34. The third-order valence-corrected chi connectivity index (χ3v) is 4.13. The Bertz CT molecular complexity index is 549. The molecular formula is C14H17BrN2. The first-order valence-corrected chi connectivity index (χ1v) is 6.73. The monoisotopic (exact) mass is 292 g/mol. The lowest BCUT2D eigenvalue weighted by molar-refractivity contribution is 0.971. The summed E-state index contributed by atoms with van der Waals surface area (Å²) in [6, 6.07) is 6.32. The van der Waals surface area contributed by atoms with E-state index >= 15 is 0 Å². The first-order valence-electron chi connectivity index (χ1n) is 5.93. The molecule has 2 rings (SSSR count). The minimum atomic E-state index is 0.959. The quantitative estimate of drug-likeness (QED) is 0.905. The van der Waals surface area contributed by atoms with Gasteiger partial charge in [-0.1, -0.05) is 22.9 Å². The van der Waals surface area contributed by atoms with Crippen LogP contribution in [-0.2, 0) is 0 Å². The van der Waals surface area contributed by atoms with Crippen LogP contribution in [0.15, 0.2) is 22.7 Å². The van der Waals surface area contributed by atoms with Crippen molar-refractivity contribution >= 4 is 32.7 Å². The van der Waals surface area contributed by atoms with Crippen molar-refractivity contribution in [3.8, 4) is 0 Å². The number of aryl methyl sites for hydroxylation is 2. The Kier molecular flexibility index (Phi) is 3.67. The van der Waals surface area contributed by atoms with Gasteiger partial charge in [-0.2, -0.15) is 0 Å². The zero-order valence-electron chi connectivity index (χ0n) is 10.5. The number of fused-ring (bicyclic) bond motifs is 1. The molecule has 0 saturated carbocycles. The summed E-state index contributed by atoms with van der Waals surface area (Å²) < 4.78 is 1.18. The van der Waals surface area contributed by atoms with Gasteiger partial charge in [-0.3, -0.25) is 0 Å². The molecule has 0 spiro atoms. The molecule has 1 aromatic carbocycles.